The minimum absolute atomic E-state index is 0.126. The van der Waals surface area contributed by atoms with Crippen LogP contribution >= 0.6 is 0 Å². The van der Waals surface area contributed by atoms with Crippen LogP contribution in [0.2, 0.25) is 0 Å². The van der Waals surface area contributed by atoms with Gasteiger partial charge in [-0.15, -0.1) is 0 Å². The van der Waals surface area contributed by atoms with E-state index in [0.29, 0.717) is 5.56 Å². The molecule has 1 aromatic heterocycles. The Kier molecular flexibility index (Phi) is 2.08. The van der Waals surface area contributed by atoms with Crippen molar-refractivity contribution in [3.8, 4) is 0 Å². The first-order chi connectivity index (χ1) is 5.52. The van der Waals surface area contributed by atoms with Gasteiger partial charge in [0.05, 0.1) is 0 Å². The lowest BCUT2D eigenvalue weighted by Crippen LogP contribution is -2.24. The molecule has 0 spiro atoms. The molecule has 0 bridgehead atoms. The summed E-state index contributed by atoms with van der Waals surface area (Å²) < 4.78 is 14.1. The quantitative estimate of drug-likeness (QED) is 0.432. The molecule has 0 aliphatic rings. The number of hydrogen-bond acceptors (Lipinski definition) is 2. The Bertz CT molecular complexity index is 378. The van der Waals surface area contributed by atoms with E-state index in [1.54, 1.807) is 6.92 Å². The van der Waals surface area contributed by atoms with E-state index in [4.69, 9.17) is 10.8 Å². The van der Waals surface area contributed by atoms with Crippen molar-refractivity contribution < 1.29 is 4.39 Å². The van der Waals surface area contributed by atoms with Crippen molar-refractivity contribution in [3.05, 3.63) is 29.1 Å². The van der Waals surface area contributed by atoms with Crippen LogP contribution in [0.4, 0.5) is 4.39 Å². The normalized spacial score (nSPS) is 9.92. The number of aryl methyl sites for hydroxylation is 1. The van der Waals surface area contributed by atoms with Gasteiger partial charge >= 0.3 is 0 Å². The van der Waals surface area contributed by atoms with Crippen LogP contribution in [0.3, 0.4) is 0 Å². The Morgan fingerprint density at radius 3 is 2.67 bits per heavy atom. The average Bonchev–Trinajstić information content (AvgIpc) is 1.96. The summed E-state index contributed by atoms with van der Waals surface area (Å²) in [7, 11) is 0. The molecule has 0 aliphatic heterocycles. The van der Waals surface area contributed by atoms with E-state index in [9.17, 15) is 4.39 Å². The Morgan fingerprint density at radius 2 is 2.17 bits per heavy atom. The molecule has 1 aromatic rings. The third-order valence-corrected chi connectivity index (χ3v) is 1.59. The van der Waals surface area contributed by atoms with Gasteiger partial charge in [0, 0.05) is 6.20 Å². The Labute approximate surface area is 69.5 Å². The maximum absolute atomic E-state index is 12.9. The highest BCUT2D eigenvalue weighted by atomic mass is 19.1. The molecule has 0 amide bonds. The highest BCUT2D eigenvalue weighted by Gasteiger charge is 2.00. The molecule has 0 unspecified atom stereocenters. The summed E-state index contributed by atoms with van der Waals surface area (Å²) in [5.41, 5.74) is 0.555. The van der Waals surface area contributed by atoms with Crippen molar-refractivity contribution in [2.45, 2.75) is 13.8 Å². The van der Waals surface area contributed by atoms with Gasteiger partial charge in [0.1, 0.15) is 17.1 Å². The third-order valence-electron chi connectivity index (χ3n) is 1.59. The van der Waals surface area contributed by atoms with Gasteiger partial charge in [0.2, 0.25) is 0 Å². The number of nitrogens with zero attached hydrogens (tertiary/aromatic N) is 1. The van der Waals surface area contributed by atoms with Crippen molar-refractivity contribution in [1.29, 1.82) is 10.8 Å². The first kappa shape index (κ1) is 8.64. The Balaban J connectivity index is 3.43. The van der Waals surface area contributed by atoms with Crippen LogP contribution in [-0.2, 0) is 0 Å². The molecule has 0 atom stereocenters. The summed E-state index contributed by atoms with van der Waals surface area (Å²) in [6.45, 7) is 3.10. The average molecular weight is 167 g/mol. The SMILES string of the molecule is CC(=N)n1cc(F)c(C)cc1=N. The Hall–Kier alpha value is -1.45. The van der Waals surface area contributed by atoms with Gasteiger partial charge in [-0.2, -0.15) is 0 Å². The lowest BCUT2D eigenvalue weighted by atomic mass is 10.3. The maximum atomic E-state index is 12.9. The second-order valence-electron chi connectivity index (χ2n) is 2.65. The number of pyridine rings is 1. The molecule has 1 heterocycles. The molecule has 0 aliphatic carbocycles. The molecule has 2 N–H and O–H groups in total. The lowest BCUT2D eigenvalue weighted by Gasteiger charge is -2.05. The minimum Gasteiger partial charge on any atom is -0.288 e. The molecule has 0 saturated carbocycles. The summed E-state index contributed by atoms with van der Waals surface area (Å²) in [5, 5.41) is 14.6. The van der Waals surface area contributed by atoms with Crippen molar-refractivity contribution in [2.24, 2.45) is 0 Å². The van der Waals surface area contributed by atoms with Gasteiger partial charge in [-0.25, -0.2) is 4.39 Å². The summed E-state index contributed by atoms with van der Waals surface area (Å²) in [6.07, 6.45) is 1.15. The molecule has 0 radical (unpaired) electrons. The van der Waals surface area contributed by atoms with Crippen LogP contribution in [0.15, 0.2) is 12.3 Å². The van der Waals surface area contributed by atoms with Crippen LogP contribution in [0, 0.1) is 23.6 Å². The topological polar surface area (TPSA) is 52.6 Å². The molecule has 0 fully saturated rings. The van der Waals surface area contributed by atoms with Crippen LogP contribution in [-0.4, -0.2) is 10.4 Å². The predicted molar refractivity (Wildman–Crippen MR) is 43.8 cm³/mol. The van der Waals surface area contributed by atoms with Gasteiger partial charge in [0.15, 0.2) is 0 Å². The predicted octanol–water partition coefficient (Wildman–Crippen LogP) is 1.26. The van der Waals surface area contributed by atoms with Gasteiger partial charge in [0.25, 0.3) is 0 Å². The number of halogens is 1. The van der Waals surface area contributed by atoms with E-state index in [1.165, 1.54) is 17.6 Å². The highest BCUT2D eigenvalue weighted by Crippen LogP contribution is 2.00. The first-order valence-electron chi connectivity index (χ1n) is 3.51. The summed E-state index contributed by atoms with van der Waals surface area (Å²) in [6, 6.07) is 1.40. The molecule has 1 rings (SSSR count). The zero-order chi connectivity index (χ0) is 9.30. The highest BCUT2D eigenvalue weighted by molar-refractivity contribution is 5.78. The van der Waals surface area contributed by atoms with E-state index in [1.807, 2.05) is 0 Å². The van der Waals surface area contributed by atoms with Crippen LogP contribution in [0.25, 0.3) is 0 Å². The molecule has 64 valence electrons. The smallest absolute Gasteiger partial charge is 0.142 e. The molecule has 0 aromatic carbocycles. The minimum atomic E-state index is -0.391. The van der Waals surface area contributed by atoms with Gasteiger partial charge in [-0.1, -0.05) is 0 Å². The van der Waals surface area contributed by atoms with Gasteiger partial charge in [-0.3, -0.25) is 15.4 Å². The fourth-order valence-corrected chi connectivity index (χ4v) is 0.906. The maximum Gasteiger partial charge on any atom is 0.142 e. The summed E-state index contributed by atoms with van der Waals surface area (Å²) in [5.74, 6) is -0.253. The molecule has 12 heavy (non-hydrogen) atoms. The van der Waals surface area contributed by atoms with Crippen LogP contribution in [0.5, 0.6) is 0 Å². The Morgan fingerprint density at radius 1 is 1.58 bits per heavy atom. The van der Waals surface area contributed by atoms with Crippen LogP contribution in [0.1, 0.15) is 12.5 Å². The number of rotatable bonds is 0. The number of nitrogens with one attached hydrogen (secondary N) is 2. The fourth-order valence-electron chi connectivity index (χ4n) is 0.906. The van der Waals surface area contributed by atoms with E-state index in [-0.39, 0.29) is 11.3 Å². The standard InChI is InChI=1S/C8H10FN3/c1-5-3-8(11)12(6(2)10)4-7(5)9/h3-4,10-11H,1-2H3. The second-order valence-corrected chi connectivity index (χ2v) is 2.65. The molecule has 0 saturated heterocycles. The van der Waals surface area contributed by atoms with Crippen molar-refractivity contribution in [1.82, 2.24) is 4.57 Å². The molecular formula is C8H10FN3. The fraction of sp³-hybridized carbons (Fsp3) is 0.250. The van der Waals surface area contributed by atoms with E-state index >= 15 is 0 Å². The van der Waals surface area contributed by atoms with Crippen molar-refractivity contribution in [3.63, 3.8) is 0 Å². The van der Waals surface area contributed by atoms with Gasteiger partial charge in [-0.05, 0) is 25.5 Å². The van der Waals surface area contributed by atoms with E-state index in [2.05, 4.69) is 0 Å². The summed E-state index contributed by atoms with van der Waals surface area (Å²) >= 11 is 0. The molecule has 3 nitrogen and oxygen atoms in total. The monoisotopic (exact) mass is 167 g/mol. The van der Waals surface area contributed by atoms with E-state index in [0.717, 1.165) is 6.20 Å². The third kappa shape index (κ3) is 1.42. The van der Waals surface area contributed by atoms with Crippen LogP contribution < -0.4 is 5.49 Å². The second kappa shape index (κ2) is 2.89. The van der Waals surface area contributed by atoms with Crippen molar-refractivity contribution in [2.75, 3.05) is 0 Å². The largest absolute Gasteiger partial charge is 0.288 e. The molecular weight excluding hydrogens is 157 g/mol. The number of aromatic nitrogens is 1. The lowest BCUT2D eigenvalue weighted by molar-refractivity contribution is 0.603. The van der Waals surface area contributed by atoms with Crippen molar-refractivity contribution >= 4 is 5.84 Å². The van der Waals surface area contributed by atoms with E-state index < -0.39 is 5.82 Å². The zero-order valence-corrected chi connectivity index (χ0v) is 6.98. The first-order valence-corrected chi connectivity index (χ1v) is 3.51. The zero-order valence-electron chi connectivity index (χ0n) is 6.98. The molecule has 4 heteroatoms. The summed E-state index contributed by atoms with van der Waals surface area (Å²) in [4.78, 5) is 0. The number of hydrogen-bond donors (Lipinski definition) is 2. The van der Waals surface area contributed by atoms with Gasteiger partial charge < -0.3 is 0 Å².